The molecule has 2 rings (SSSR count). The van der Waals surface area contributed by atoms with Crippen molar-refractivity contribution < 1.29 is 4.39 Å². The van der Waals surface area contributed by atoms with E-state index in [4.69, 9.17) is 0 Å². The van der Waals surface area contributed by atoms with E-state index in [1.165, 1.54) is 0 Å². The fourth-order valence-corrected chi connectivity index (χ4v) is 1.52. The highest BCUT2D eigenvalue weighted by molar-refractivity contribution is 5.92. The number of hydrogen-bond donors (Lipinski definition) is 2. The Bertz CT molecular complexity index is 454. The van der Waals surface area contributed by atoms with Gasteiger partial charge in [-0.1, -0.05) is 18.2 Å². The predicted octanol–water partition coefficient (Wildman–Crippen LogP) is 3.33. The van der Waals surface area contributed by atoms with Gasteiger partial charge in [0.2, 0.25) is 0 Å². The van der Waals surface area contributed by atoms with Gasteiger partial charge in [0.25, 0.3) is 0 Å². The molecule has 0 aliphatic heterocycles. The number of halogens is 1. The number of aromatic amines is 1. The summed E-state index contributed by atoms with van der Waals surface area (Å²) in [4.78, 5) is 3.14. The molecule has 0 saturated heterocycles. The number of para-hydroxylation sites is 1. The summed E-state index contributed by atoms with van der Waals surface area (Å²) in [6, 6.07) is 7.96. The van der Waals surface area contributed by atoms with Crippen LogP contribution in [-0.4, -0.2) is 17.2 Å². The number of fused-ring (bicyclic) bond motifs is 1. The van der Waals surface area contributed by atoms with Gasteiger partial charge in [0, 0.05) is 23.6 Å². The van der Waals surface area contributed by atoms with Crippen LogP contribution in [0.1, 0.15) is 13.8 Å². The molecule has 15 heavy (non-hydrogen) atoms. The number of aromatic nitrogens is 1. The second kappa shape index (κ2) is 3.57. The molecule has 1 aromatic carbocycles. The third-order valence-electron chi connectivity index (χ3n) is 2.29. The van der Waals surface area contributed by atoms with Gasteiger partial charge in [0.1, 0.15) is 5.67 Å². The van der Waals surface area contributed by atoms with Crippen LogP contribution >= 0.6 is 0 Å². The van der Waals surface area contributed by atoms with E-state index in [1.807, 2.05) is 30.5 Å². The Balaban J connectivity index is 2.22. The van der Waals surface area contributed by atoms with Crippen molar-refractivity contribution in [1.29, 1.82) is 0 Å². The highest BCUT2D eigenvalue weighted by Crippen LogP contribution is 2.23. The number of H-pyrrole nitrogens is 1. The van der Waals surface area contributed by atoms with Crippen molar-refractivity contribution in [3.8, 4) is 0 Å². The quantitative estimate of drug-likeness (QED) is 0.792. The molecule has 0 bridgehead atoms. The van der Waals surface area contributed by atoms with Crippen LogP contribution < -0.4 is 5.32 Å². The average molecular weight is 206 g/mol. The van der Waals surface area contributed by atoms with Crippen LogP contribution in [0.15, 0.2) is 30.5 Å². The Kier molecular flexibility index (Phi) is 2.39. The van der Waals surface area contributed by atoms with E-state index in [2.05, 4.69) is 10.3 Å². The van der Waals surface area contributed by atoms with Crippen LogP contribution in [0.25, 0.3) is 10.9 Å². The van der Waals surface area contributed by atoms with E-state index in [0.717, 1.165) is 16.6 Å². The van der Waals surface area contributed by atoms with Crippen molar-refractivity contribution >= 4 is 16.6 Å². The molecular weight excluding hydrogens is 191 g/mol. The molecule has 3 heteroatoms. The fourth-order valence-electron chi connectivity index (χ4n) is 1.52. The monoisotopic (exact) mass is 206 g/mol. The maximum atomic E-state index is 13.3. The lowest BCUT2D eigenvalue weighted by Crippen LogP contribution is -2.24. The lowest BCUT2D eigenvalue weighted by atomic mass is 10.1. The van der Waals surface area contributed by atoms with Crippen molar-refractivity contribution in [3.05, 3.63) is 30.5 Å². The first-order valence-electron chi connectivity index (χ1n) is 5.05. The zero-order chi connectivity index (χ0) is 10.9. The van der Waals surface area contributed by atoms with E-state index in [1.54, 1.807) is 13.8 Å². The summed E-state index contributed by atoms with van der Waals surface area (Å²) >= 11 is 0. The molecule has 0 spiro atoms. The number of anilines is 1. The van der Waals surface area contributed by atoms with Gasteiger partial charge in [0.15, 0.2) is 0 Å². The molecule has 2 N–H and O–H groups in total. The molecule has 0 fully saturated rings. The maximum absolute atomic E-state index is 13.3. The van der Waals surface area contributed by atoms with E-state index >= 15 is 0 Å². The number of benzene rings is 1. The smallest absolute Gasteiger partial charge is 0.122 e. The molecule has 0 amide bonds. The molecular formula is C12H15FN2. The molecule has 2 nitrogen and oxygen atoms in total. The summed E-state index contributed by atoms with van der Waals surface area (Å²) in [5, 5.41) is 4.20. The lowest BCUT2D eigenvalue weighted by molar-refractivity contribution is 0.235. The van der Waals surface area contributed by atoms with Crippen LogP contribution in [-0.2, 0) is 0 Å². The van der Waals surface area contributed by atoms with Gasteiger partial charge in [-0.25, -0.2) is 4.39 Å². The van der Waals surface area contributed by atoms with Gasteiger partial charge in [0.05, 0.1) is 5.69 Å². The van der Waals surface area contributed by atoms with E-state index < -0.39 is 5.67 Å². The fraction of sp³-hybridized carbons (Fsp3) is 0.333. The third-order valence-corrected chi connectivity index (χ3v) is 2.29. The standard InChI is InChI=1S/C12H15FN2/c1-12(2,13)8-15-11-7-14-10-6-4-3-5-9(10)11/h3-7,14-15H,8H2,1-2H3. The van der Waals surface area contributed by atoms with Gasteiger partial charge in [-0.2, -0.15) is 0 Å². The molecule has 80 valence electrons. The predicted molar refractivity (Wildman–Crippen MR) is 62.0 cm³/mol. The second-order valence-electron chi connectivity index (χ2n) is 4.32. The zero-order valence-electron chi connectivity index (χ0n) is 8.97. The zero-order valence-corrected chi connectivity index (χ0v) is 8.97. The minimum atomic E-state index is -1.20. The summed E-state index contributed by atoms with van der Waals surface area (Å²) in [6.45, 7) is 3.44. The van der Waals surface area contributed by atoms with Gasteiger partial charge < -0.3 is 10.3 Å². The molecule has 1 aromatic heterocycles. The van der Waals surface area contributed by atoms with Gasteiger partial charge in [-0.05, 0) is 19.9 Å². The first-order valence-corrected chi connectivity index (χ1v) is 5.05. The largest absolute Gasteiger partial charge is 0.380 e. The number of hydrogen-bond acceptors (Lipinski definition) is 1. The molecule has 0 saturated carbocycles. The van der Waals surface area contributed by atoms with Crippen LogP contribution in [0.2, 0.25) is 0 Å². The van der Waals surface area contributed by atoms with Crippen molar-refractivity contribution in [2.24, 2.45) is 0 Å². The highest BCUT2D eigenvalue weighted by atomic mass is 19.1. The van der Waals surface area contributed by atoms with Crippen molar-refractivity contribution in [2.45, 2.75) is 19.5 Å². The van der Waals surface area contributed by atoms with Crippen molar-refractivity contribution in [2.75, 3.05) is 11.9 Å². The Labute approximate surface area is 88.5 Å². The summed E-state index contributed by atoms with van der Waals surface area (Å²) in [5.41, 5.74) is 0.825. The van der Waals surface area contributed by atoms with Crippen LogP contribution in [0.4, 0.5) is 10.1 Å². The normalized spacial score (nSPS) is 11.9. The van der Waals surface area contributed by atoms with Gasteiger partial charge in [-0.15, -0.1) is 0 Å². The van der Waals surface area contributed by atoms with Crippen molar-refractivity contribution in [1.82, 2.24) is 4.98 Å². The summed E-state index contributed by atoms with van der Waals surface area (Å²) in [6.07, 6.45) is 1.87. The van der Waals surface area contributed by atoms with Crippen LogP contribution in [0.5, 0.6) is 0 Å². The topological polar surface area (TPSA) is 27.8 Å². The number of alkyl halides is 1. The van der Waals surface area contributed by atoms with Gasteiger partial charge >= 0.3 is 0 Å². The minimum Gasteiger partial charge on any atom is -0.380 e. The minimum absolute atomic E-state index is 0.314. The van der Waals surface area contributed by atoms with E-state index in [9.17, 15) is 4.39 Å². The Morgan fingerprint density at radius 3 is 2.80 bits per heavy atom. The first-order chi connectivity index (χ1) is 7.06. The molecule has 0 radical (unpaired) electrons. The third kappa shape index (κ3) is 2.29. The average Bonchev–Trinajstić information content (AvgIpc) is 2.57. The SMILES string of the molecule is CC(C)(F)CNc1c[nH]c2ccccc12. The molecule has 0 aliphatic carbocycles. The highest BCUT2D eigenvalue weighted by Gasteiger charge is 2.15. The van der Waals surface area contributed by atoms with Crippen LogP contribution in [0.3, 0.4) is 0 Å². The lowest BCUT2D eigenvalue weighted by Gasteiger charge is -2.15. The molecule has 2 aromatic rings. The number of nitrogens with one attached hydrogen (secondary N) is 2. The van der Waals surface area contributed by atoms with E-state index in [0.29, 0.717) is 6.54 Å². The maximum Gasteiger partial charge on any atom is 0.122 e. The molecule has 0 unspecified atom stereocenters. The summed E-state index contributed by atoms with van der Waals surface area (Å²) < 4.78 is 13.3. The van der Waals surface area contributed by atoms with Crippen LogP contribution in [0, 0.1) is 0 Å². The van der Waals surface area contributed by atoms with E-state index in [-0.39, 0.29) is 0 Å². The molecule has 0 aliphatic rings. The van der Waals surface area contributed by atoms with Crippen molar-refractivity contribution in [3.63, 3.8) is 0 Å². The number of rotatable bonds is 3. The van der Waals surface area contributed by atoms with Gasteiger partial charge in [-0.3, -0.25) is 0 Å². The molecule has 0 atom stereocenters. The summed E-state index contributed by atoms with van der Waals surface area (Å²) in [7, 11) is 0. The second-order valence-corrected chi connectivity index (χ2v) is 4.32. The Hall–Kier alpha value is -1.51. The summed E-state index contributed by atoms with van der Waals surface area (Å²) in [5.74, 6) is 0. The molecule has 1 heterocycles. The first kappa shape index (κ1) is 10.0. The Morgan fingerprint density at radius 2 is 2.07 bits per heavy atom. The Morgan fingerprint density at radius 1 is 1.33 bits per heavy atom.